The number of aryl methyl sites for hydroxylation is 2. The zero-order valence-electron chi connectivity index (χ0n) is 19.6. The van der Waals surface area contributed by atoms with Crippen molar-refractivity contribution in [2.75, 3.05) is 36.9 Å². The van der Waals surface area contributed by atoms with Gasteiger partial charge in [-0.1, -0.05) is 0 Å². The summed E-state index contributed by atoms with van der Waals surface area (Å²) < 4.78 is 2.06. The van der Waals surface area contributed by atoms with Crippen LogP contribution in [-0.4, -0.2) is 63.3 Å². The first-order valence-corrected chi connectivity index (χ1v) is 13.2. The lowest BCUT2D eigenvalue weighted by Crippen LogP contribution is -2.47. The van der Waals surface area contributed by atoms with E-state index in [1.165, 1.54) is 29.0 Å². The number of aromatic nitrogens is 4. The molecule has 6 rings (SSSR count). The first kappa shape index (κ1) is 21.7. The van der Waals surface area contributed by atoms with Crippen LogP contribution in [0.25, 0.3) is 0 Å². The molecular formula is C24H32N8OS. The van der Waals surface area contributed by atoms with Gasteiger partial charge in [0, 0.05) is 43.2 Å². The maximum Gasteiger partial charge on any atom is 0.261 e. The second-order valence-electron chi connectivity index (χ2n) is 9.75. The summed E-state index contributed by atoms with van der Waals surface area (Å²) in [7, 11) is 2.13. The van der Waals surface area contributed by atoms with E-state index in [0.29, 0.717) is 5.95 Å². The first-order valence-electron chi connectivity index (χ1n) is 12.4. The molecule has 1 saturated heterocycles. The molecule has 0 saturated carbocycles. The number of nitrogens with zero attached hydrogens (tertiary/aromatic N) is 5. The average Bonchev–Trinajstić information content (AvgIpc) is 3.57. The van der Waals surface area contributed by atoms with Crippen LogP contribution in [0, 0.1) is 0 Å². The zero-order chi connectivity index (χ0) is 23.1. The van der Waals surface area contributed by atoms with E-state index in [-0.39, 0.29) is 11.9 Å². The number of likely N-dealkylation sites (N-methyl/N-ethyl adjacent to an activating group) is 1. The Bertz CT molecular complexity index is 1160. The highest BCUT2D eigenvalue weighted by atomic mass is 32.1. The van der Waals surface area contributed by atoms with Gasteiger partial charge in [0.15, 0.2) is 5.82 Å². The number of amides is 1. The number of anilines is 3. The van der Waals surface area contributed by atoms with Crippen LogP contribution >= 0.6 is 11.3 Å². The number of hydrogen-bond acceptors (Lipinski definition) is 7. The summed E-state index contributed by atoms with van der Waals surface area (Å²) in [5, 5.41) is 11.3. The summed E-state index contributed by atoms with van der Waals surface area (Å²) in [4.78, 5) is 27.7. The number of aromatic amines is 1. The molecule has 3 aliphatic rings. The summed E-state index contributed by atoms with van der Waals surface area (Å²) >= 11 is 1.68. The third-order valence-corrected chi connectivity index (χ3v) is 8.35. The normalized spacial score (nSPS) is 20.6. The first-order chi connectivity index (χ1) is 16.6. The molecule has 1 atom stereocenters. The number of nitrogens with one attached hydrogen (secondary N) is 3. The van der Waals surface area contributed by atoms with Crippen molar-refractivity contribution in [2.45, 2.75) is 57.7 Å². The summed E-state index contributed by atoms with van der Waals surface area (Å²) in [5.74, 6) is 2.55. The summed E-state index contributed by atoms with van der Waals surface area (Å²) in [6.07, 6.45) is 8.63. The Morgan fingerprint density at radius 1 is 1.18 bits per heavy atom. The molecule has 5 heterocycles. The monoisotopic (exact) mass is 480 g/mol. The molecule has 3 aromatic heterocycles. The Hall–Kier alpha value is -2.85. The summed E-state index contributed by atoms with van der Waals surface area (Å²) in [5.41, 5.74) is 2.60. The fraction of sp³-hybridized carbons (Fsp3) is 0.542. The molecule has 3 aromatic rings. The van der Waals surface area contributed by atoms with Crippen molar-refractivity contribution in [3.8, 4) is 0 Å². The number of carbonyl (C=O) groups is 1. The molecule has 1 fully saturated rings. The third-order valence-electron chi connectivity index (χ3n) is 7.12. The van der Waals surface area contributed by atoms with Crippen molar-refractivity contribution < 1.29 is 4.79 Å². The molecule has 2 aliphatic heterocycles. The van der Waals surface area contributed by atoms with Gasteiger partial charge in [0.05, 0.1) is 23.3 Å². The number of thiophene rings is 1. The largest absolute Gasteiger partial charge is 0.355 e. The van der Waals surface area contributed by atoms with Crippen molar-refractivity contribution in [1.29, 1.82) is 0 Å². The van der Waals surface area contributed by atoms with E-state index >= 15 is 0 Å². The number of hydrogen-bond donors (Lipinski definition) is 3. The molecule has 3 N–H and O–H groups in total. The van der Waals surface area contributed by atoms with Crippen LogP contribution in [0.5, 0.6) is 0 Å². The summed E-state index contributed by atoms with van der Waals surface area (Å²) in [6.45, 7) is 4.56. The summed E-state index contributed by atoms with van der Waals surface area (Å²) in [6, 6.07) is 4.34. The Balaban J connectivity index is 1.07. The molecule has 1 amide bonds. The minimum Gasteiger partial charge on any atom is -0.355 e. The SMILES string of the molecule is CN1CCn2nc(Nc3ncc(N4CCC[C@H](NC(=O)c5cc6c(s5)CCCC6)C4)[nH]3)cc2C1. The van der Waals surface area contributed by atoms with Crippen LogP contribution in [0.2, 0.25) is 0 Å². The van der Waals surface area contributed by atoms with Crippen LogP contribution in [0.15, 0.2) is 18.3 Å². The van der Waals surface area contributed by atoms with Gasteiger partial charge in [-0.2, -0.15) is 5.10 Å². The Morgan fingerprint density at radius 2 is 2.09 bits per heavy atom. The minimum absolute atomic E-state index is 0.0765. The van der Waals surface area contributed by atoms with E-state index in [1.807, 2.05) is 6.20 Å². The van der Waals surface area contributed by atoms with E-state index in [0.717, 1.165) is 74.9 Å². The topological polar surface area (TPSA) is 94.1 Å². The van der Waals surface area contributed by atoms with Crippen molar-refractivity contribution in [3.63, 3.8) is 0 Å². The van der Waals surface area contributed by atoms with Gasteiger partial charge in [-0.05, 0) is 57.2 Å². The lowest BCUT2D eigenvalue weighted by molar-refractivity contribution is 0.0937. The van der Waals surface area contributed by atoms with Gasteiger partial charge in [-0.3, -0.25) is 14.4 Å². The van der Waals surface area contributed by atoms with Crippen molar-refractivity contribution in [1.82, 2.24) is 30.0 Å². The number of carbonyl (C=O) groups excluding carboxylic acids is 1. The van der Waals surface area contributed by atoms with Gasteiger partial charge >= 0.3 is 0 Å². The van der Waals surface area contributed by atoms with E-state index < -0.39 is 0 Å². The van der Waals surface area contributed by atoms with Crippen molar-refractivity contribution >= 4 is 34.8 Å². The number of H-pyrrole nitrogens is 1. The molecule has 0 aromatic carbocycles. The van der Waals surface area contributed by atoms with Crippen LogP contribution < -0.4 is 15.5 Å². The Labute approximate surface area is 203 Å². The van der Waals surface area contributed by atoms with E-state index in [1.54, 1.807) is 11.3 Å². The minimum atomic E-state index is 0.0765. The number of rotatable bonds is 5. The van der Waals surface area contributed by atoms with Gasteiger partial charge in [-0.25, -0.2) is 4.98 Å². The maximum atomic E-state index is 12.9. The molecule has 34 heavy (non-hydrogen) atoms. The average molecular weight is 481 g/mol. The molecule has 0 radical (unpaired) electrons. The molecule has 9 nitrogen and oxygen atoms in total. The van der Waals surface area contributed by atoms with Gasteiger partial charge in [-0.15, -0.1) is 11.3 Å². The van der Waals surface area contributed by atoms with Gasteiger partial charge in [0.2, 0.25) is 5.95 Å². The fourth-order valence-electron chi connectivity index (χ4n) is 5.29. The van der Waals surface area contributed by atoms with Crippen molar-refractivity contribution in [2.24, 2.45) is 0 Å². The third kappa shape index (κ3) is 4.44. The lowest BCUT2D eigenvalue weighted by atomic mass is 9.99. The Morgan fingerprint density at radius 3 is 3.00 bits per heavy atom. The van der Waals surface area contributed by atoms with Gasteiger partial charge < -0.3 is 20.5 Å². The van der Waals surface area contributed by atoms with E-state index in [2.05, 4.69) is 59.4 Å². The van der Waals surface area contributed by atoms with E-state index in [9.17, 15) is 4.79 Å². The van der Waals surface area contributed by atoms with E-state index in [4.69, 9.17) is 0 Å². The molecule has 0 bridgehead atoms. The highest BCUT2D eigenvalue weighted by Crippen LogP contribution is 2.30. The smallest absolute Gasteiger partial charge is 0.261 e. The number of fused-ring (bicyclic) bond motifs is 2. The quantitative estimate of drug-likeness (QED) is 0.520. The molecule has 180 valence electrons. The Kier molecular flexibility index (Phi) is 5.78. The second-order valence-corrected chi connectivity index (χ2v) is 10.9. The van der Waals surface area contributed by atoms with Gasteiger partial charge in [0.1, 0.15) is 5.82 Å². The highest BCUT2D eigenvalue weighted by Gasteiger charge is 2.25. The maximum absolute atomic E-state index is 12.9. The predicted octanol–water partition coefficient (Wildman–Crippen LogP) is 3.13. The number of piperidine rings is 1. The zero-order valence-corrected chi connectivity index (χ0v) is 20.5. The number of imidazole rings is 1. The highest BCUT2D eigenvalue weighted by molar-refractivity contribution is 7.14. The molecule has 10 heteroatoms. The van der Waals surface area contributed by atoms with Crippen molar-refractivity contribution in [3.05, 3.63) is 39.3 Å². The van der Waals surface area contributed by atoms with Crippen LogP contribution in [0.3, 0.4) is 0 Å². The molecule has 0 unspecified atom stereocenters. The standard InChI is InChI=1S/C24H32N8OS/c1-30-9-10-32-18(15-30)12-21(29-32)27-24-25-13-22(28-24)31-8-4-6-17(14-31)26-23(33)20-11-16-5-2-3-7-19(16)34-20/h11-13,17H,2-10,14-15H2,1H3,(H,26,33)(H2,25,27,28,29)/t17-/m0/s1. The fourth-order valence-corrected chi connectivity index (χ4v) is 6.45. The van der Waals surface area contributed by atoms with Gasteiger partial charge in [0.25, 0.3) is 5.91 Å². The van der Waals surface area contributed by atoms with Crippen LogP contribution in [-0.2, 0) is 25.9 Å². The molecule has 1 aliphatic carbocycles. The molecular weight excluding hydrogens is 448 g/mol. The van der Waals surface area contributed by atoms with Crippen LogP contribution in [0.4, 0.5) is 17.6 Å². The predicted molar refractivity (Wildman–Crippen MR) is 134 cm³/mol. The lowest BCUT2D eigenvalue weighted by Gasteiger charge is -2.33. The second kappa shape index (κ2) is 9.07. The molecule has 0 spiro atoms. The van der Waals surface area contributed by atoms with Crippen LogP contribution in [0.1, 0.15) is 51.5 Å².